The Labute approximate surface area is 118 Å². The van der Waals surface area contributed by atoms with Crippen LogP contribution in [0.1, 0.15) is 35.1 Å². The van der Waals surface area contributed by atoms with Crippen molar-refractivity contribution in [1.82, 2.24) is 4.90 Å². The quantitative estimate of drug-likeness (QED) is 0.902. The fourth-order valence-corrected chi connectivity index (χ4v) is 3.15. The molecule has 2 heteroatoms. The van der Waals surface area contributed by atoms with Gasteiger partial charge in [-0.25, -0.2) is 0 Å². The molecular weight excluding hydrogens is 232 g/mol. The molecule has 19 heavy (non-hydrogen) atoms. The number of likely N-dealkylation sites (tertiary alicyclic amines) is 1. The lowest BCUT2D eigenvalue weighted by atomic mass is 9.87. The van der Waals surface area contributed by atoms with Gasteiger partial charge in [-0.1, -0.05) is 12.1 Å². The van der Waals surface area contributed by atoms with Crippen LogP contribution in [0.4, 0.5) is 0 Å². The molecular formula is C17H28N2. The number of aryl methyl sites for hydroxylation is 3. The number of nitrogens with two attached hydrogens (primary N) is 1. The van der Waals surface area contributed by atoms with E-state index in [4.69, 9.17) is 5.73 Å². The Kier molecular flexibility index (Phi) is 5.00. The van der Waals surface area contributed by atoms with Gasteiger partial charge in [-0.3, -0.25) is 0 Å². The number of hydrogen-bond acceptors (Lipinski definition) is 2. The van der Waals surface area contributed by atoms with Crippen molar-refractivity contribution in [2.24, 2.45) is 11.7 Å². The number of hydrogen-bond donors (Lipinski definition) is 1. The van der Waals surface area contributed by atoms with E-state index in [1.54, 1.807) is 5.56 Å². The molecule has 2 nitrogen and oxygen atoms in total. The maximum atomic E-state index is 5.63. The minimum Gasteiger partial charge on any atom is -0.329 e. The first-order chi connectivity index (χ1) is 9.10. The standard InChI is InChI=1S/C17H28N2/c1-13-10-15(3)17(11-14(13)2)12-16-4-7-19(8-5-16)9-6-18/h10-11,16H,4-9,12,18H2,1-3H3. The summed E-state index contributed by atoms with van der Waals surface area (Å²) >= 11 is 0. The molecule has 1 fully saturated rings. The van der Waals surface area contributed by atoms with Gasteiger partial charge in [0, 0.05) is 13.1 Å². The highest BCUT2D eigenvalue weighted by Gasteiger charge is 2.19. The minimum atomic E-state index is 0.793. The maximum Gasteiger partial charge on any atom is 0.0105 e. The number of nitrogens with zero attached hydrogens (tertiary/aromatic N) is 1. The molecule has 0 atom stereocenters. The molecule has 2 rings (SSSR count). The van der Waals surface area contributed by atoms with E-state index in [-0.39, 0.29) is 0 Å². The molecule has 0 unspecified atom stereocenters. The van der Waals surface area contributed by atoms with E-state index in [1.165, 1.54) is 49.0 Å². The summed E-state index contributed by atoms with van der Waals surface area (Å²) in [6.07, 6.45) is 3.90. The van der Waals surface area contributed by atoms with E-state index in [9.17, 15) is 0 Å². The molecule has 0 bridgehead atoms. The first kappa shape index (κ1) is 14.5. The van der Waals surface area contributed by atoms with Crippen molar-refractivity contribution in [2.45, 2.75) is 40.0 Å². The van der Waals surface area contributed by atoms with Crippen molar-refractivity contribution in [3.05, 3.63) is 34.4 Å². The van der Waals surface area contributed by atoms with Crippen LogP contribution < -0.4 is 5.73 Å². The Morgan fingerprint density at radius 3 is 2.32 bits per heavy atom. The van der Waals surface area contributed by atoms with E-state index in [1.807, 2.05) is 0 Å². The summed E-state index contributed by atoms with van der Waals surface area (Å²) in [5.41, 5.74) is 11.5. The molecule has 0 aromatic heterocycles. The van der Waals surface area contributed by atoms with Crippen LogP contribution in [-0.2, 0) is 6.42 Å². The Morgan fingerprint density at radius 1 is 1.05 bits per heavy atom. The smallest absolute Gasteiger partial charge is 0.0105 e. The summed E-state index contributed by atoms with van der Waals surface area (Å²) in [5, 5.41) is 0. The maximum absolute atomic E-state index is 5.63. The van der Waals surface area contributed by atoms with Crippen LogP contribution in [0.3, 0.4) is 0 Å². The van der Waals surface area contributed by atoms with E-state index >= 15 is 0 Å². The number of piperidine rings is 1. The largest absolute Gasteiger partial charge is 0.329 e. The van der Waals surface area contributed by atoms with Gasteiger partial charge in [0.15, 0.2) is 0 Å². The summed E-state index contributed by atoms with van der Waals surface area (Å²) in [6.45, 7) is 11.0. The van der Waals surface area contributed by atoms with Gasteiger partial charge in [0.25, 0.3) is 0 Å². The normalized spacial score (nSPS) is 17.9. The van der Waals surface area contributed by atoms with Crippen molar-refractivity contribution < 1.29 is 0 Å². The van der Waals surface area contributed by atoms with Gasteiger partial charge in [-0.05, 0) is 81.3 Å². The van der Waals surface area contributed by atoms with Gasteiger partial charge in [0.1, 0.15) is 0 Å². The summed E-state index contributed by atoms with van der Waals surface area (Å²) in [6, 6.07) is 4.74. The van der Waals surface area contributed by atoms with Crippen LogP contribution in [0.5, 0.6) is 0 Å². The molecule has 1 aliphatic rings. The van der Waals surface area contributed by atoms with Crippen LogP contribution in [0, 0.1) is 26.7 Å². The number of benzene rings is 1. The second kappa shape index (κ2) is 6.53. The molecule has 2 N–H and O–H groups in total. The molecule has 0 saturated carbocycles. The molecule has 1 saturated heterocycles. The van der Waals surface area contributed by atoms with Crippen molar-refractivity contribution in [1.29, 1.82) is 0 Å². The van der Waals surface area contributed by atoms with Crippen molar-refractivity contribution in [2.75, 3.05) is 26.2 Å². The predicted octanol–water partition coefficient (Wildman–Crippen LogP) is 2.83. The lowest BCUT2D eigenvalue weighted by molar-refractivity contribution is 0.188. The summed E-state index contributed by atoms with van der Waals surface area (Å²) in [4.78, 5) is 2.50. The van der Waals surface area contributed by atoms with Gasteiger partial charge in [-0.2, -0.15) is 0 Å². The van der Waals surface area contributed by atoms with Crippen molar-refractivity contribution in [3.8, 4) is 0 Å². The second-order valence-electron chi connectivity index (χ2n) is 6.14. The molecule has 0 spiro atoms. The molecule has 1 aromatic carbocycles. The van der Waals surface area contributed by atoms with Crippen LogP contribution >= 0.6 is 0 Å². The van der Waals surface area contributed by atoms with Crippen molar-refractivity contribution in [3.63, 3.8) is 0 Å². The lowest BCUT2D eigenvalue weighted by Gasteiger charge is -2.32. The summed E-state index contributed by atoms with van der Waals surface area (Å²) in [5.74, 6) is 0.856. The Bertz CT molecular complexity index is 418. The van der Waals surface area contributed by atoms with Gasteiger partial charge in [0.2, 0.25) is 0 Å². The van der Waals surface area contributed by atoms with Crippen molar-refractivity contribution >= 4 is 0 Å². The fourth-order valence-electron chi connectivity index (χ4n) is 3.15. The molecule has 0 aliphatic carbocycles. The van der Waals surface area contributed by atoms with Crippen LogP contribution in [0.25, 0.3) is 0 Å². The van der Waals surface area contributed by atoms with Crippen LogP contribution in [-0.4, -0.2) is 31.1 Å². The Morgan fingerprint density at radius 2 is 1.68 bits per heavy atom. The van der Waals surface area contributed by atoms with Crippen LogP contribution in [0.15, 0.2) is 12.1 Å². The molecule has 0 radical (unpaired) electrons. The third-order valence-corrected chi connectivity index (χ3v) is 4.61. The summed E-state index contributed by atoms with van der Waals surface area (Å²) in [7, 11) is 0. The second-order valence-corrected chi connectivity index (χ2v) is 6.14. The fraction of sp³-hybridized carbons (Fsp3) is 0.647. The first-order valence-electron chi connectivity index (χ1n) is 7.59. The highest BCUT2D eigenvalue weighted by Crippen LogP contribution is 2.24. The molecule has 106 valence electrons. The zero-order chi connectivity index (χ0) is 13.8. The van der Waals surface area contributed by atoms with E-state index in [0.717, 1.165) is 19.0 Å². The SMILES string of the molecule is Cc1cc(C)c(CC2CCN(CCN)CC2)cc1C. The molecule has 1 aromatic rings. The van der Waals surface area contributed by atoms with Gasteiger partial charge < -0.3 is 10.6 Å². The Balaban J connectivity index is 1.94. The highest BCUT2D eigenvalue weighted by atomic mass is 15.1. The first-order valence-corrected chi connectivity index (χ1v) is 7.59. The van der Waals surface area contributed by atoms with Gasteiger partial charge in [0.05, 0.1) is 0 Å². The molecule has 1 aliphatic heterocycles. The van der Waals surface area contributed by atoms with E-state index in [0.29, 0.717) is 0 Å². The van der Waals surface area contributed by atoms with Crippen LogP contribution in [0.2, 0.25) is 0 Å². The van der Waals surface area contributed by atoms with E-state index < -0.39 is 0 Å². The summed E-state index contributed by atoms with van der Waals surface area (Å²) < 4.78 is 0. The third kappa shape index (κ3) is 3.80. The molecule has 0 amide bonds. The van der Waals surface area contributed by atoms with E-state index in [2.05, 4.69) is 37.8 Å². The zero-order valence-corrected chi connectivity index (χ0v) is 12.7. The topological polar surface area (TPSA) is 29.3 Å². The van der Waals surface area contributed by atoms with Gasteiger partial charge >= 0.3 is 0 Å². The average molecular weight is 260 g/mol. The van der Waals surface area contributed by atoms with Gasteiger partial charge in [-0.15, -0.1) is 0 Å². The lowest BCUT2D eigenvalue weighted by Crippen LogP contribution is -2.37. The minimum absolute atomic E-state index is 0.793. The third-order valence-electron chi connectivity index (χ3n) is 4.61. The Hall–Kier alpha value is -0.860. The molecule has 1 heterocycles. The predicted molar refractivity (Wildman–Crippen MR) is 82.6 cm³/mol. The zero-order valence-electron chi connectivity index (χ0n) is 12.7. The monoisotopic (exact) mass is 260 g/mol. The number of rotatable bonds is 4. The highest BCUT2D eigenvalue weighted by molar-refractivity contribution is 5.36. The average Bonchev–Trinajstić information content (AvgIpc) is 2.38.